The topological polar surface area (TPSA) is 12.0 Å². The predicted molar refractivity (Wildman–Crippen MR) is 137 cm³/mol. The summed E-state index contributed by atoms with van der Waals surface area (Å²) >= 11 is 0. The first kappa shape index (κ1) is 25.3. The molecule has 3 fully saturated rings. The average Bonchev–Trinajstić information content (AvgIpc) is 3.05. The average molecular weight is 430 g/mol. The first-order chi connectivity index (χ1) is 14.3. The summed E-state index contributed by atoms with van der Waals surface area (Å²) in [5, 5.41) is 3.75. The molecule has 4 aliphatic rings. The smallest absolute Gasteiger partial charge is 0.0105 e. The second-order valence-corrected chi connectivity index (χ2v) is 12.8. The Hall–Kier alpha value is -0.300. The SMILES string of the molecule is C.CCN[C@H]1CCC2(C)C(=CC[C@@H]3C2CCC2(C)C3CCC2[C@H](C)CCCC(C)C)C1. The van der Waals surface area contributed by atoms with Crippen LogP contribution in [0.15, 0.2) is 11.6 Å². The summed E-state index contributed by atoms with van der Waals surface area (Å²) in [4.78, 5) is 0. The molecule has 1 N–H and O–H groups in total. The maximum absolute atomic E-state index is 3.75. The van der Waals surface area contributed by atoms with E-state index in [0.717, 1.165) is 48.1 Å². The van der Waals surface area contributed by atoms with Crippen LogP contribution in [0.4, 0.5) is 0 Å². The normalized spacial score (nSPS) is 42.8. The van der Waals surface area contributed by atoms with Gasteiger partial charge >= 0.3 is 0 Å². The Morgan fingerprint density at radius 1 is 1.00 bits per heavy atom. The van der Waals surface area contributed by atoms with E-state index in [4.69, 9.17) is 0 Å². The fourth-order valence-corrected chi connectivity index (χ4v) is 9.15. The zero-order chi connectivity index (χ0) is 21.5. The van der Waals surface area contributed by atoms with E-state index in [-0.39, 0.29) is 7.43 Å². The fourth-order valence-electron chi connectivity index (χ4n) is 9.15. The van der Waals surface area contributed by atoms with Gasteiger partial charge in [0.1, 0.15) is 0 Å². The highest BCUT2D eigenvalue weighted by molar-refractivity contribution is 5.26. The molecular formula is C30H55N. The lowest BCUT2D eigenvalue weighted by molar-refractivity contribution is -0.0514. The summed E-state index contributed by atoms with van der Waals surface area (Å²) in [7, 11) is 0. The molecule has 8 atom stereocenters. The highest BCUT2D eigenvalue weighted by Gasteiger charge is 2.59. The van der Waals surface area contributed by atoms with Crippen molar-refractivity contribution in [2.24, 2.45) is 46.3 Å². The third-order valence-corrected chi connectivity index (χ3v) is 10.8. The Morgan fingerprint density at radius 3 is 2.48 bits per heavy atom. The minimum Gasteiger partial charge on any atom is -0.314 e. The van der Waals surface area contributed by atoms with Crippen molar-refractivity contribution < 1.29 is 0 Å². The van der Waals surface area contributed by atoms with Crippen molar-refractivity contribution in [3.8, 4) is 0 Å². The molecule has 4 aliphatic carbocycles. The molecule has 1 heteroatoms. The Kier molecular flexibility index (Phi) is 8.09. The second kappa shape index (κ2) is 9.90. The molecule has 3 saturated carbocycles. The van der Waals surface area contributed by atoms with Crippen LogP contribution in [0.2, 0.25) is 0 Å². The van der Waals surface area contributed by atoms with Gasteiger partial charge in [0.2, 0.25) is 0 Å². The molecule has 180 valence electrons. The zero-order valence-electron chi connectivity index (χ0n) is 21.1. The molecule has 0 aliphatic heterocycles. The molecule has 5 unspecified atom stereocenters. The van der Waals surface area contributed by atoms with Crippen LogP contribution >= 0.6 is 0 Å². The van der Waals surface area contributed by atoms with Crippen molar-refractivity contribution >= 4 is 0 Å². The van der Waals surface area contributed by atoms with Gasteiger partial charge in [0.25, 0.3) is 0 Å². The first-order valence-corrected chi connectivity index (χ1v) is 13.7. The van der Waals surface area contributed by atoms with Gasteiger partial charge in [-0.15, -0.1) is 0 Å². The summed E-state index contributed by atoms with van der Waals surface area (Å²) in [5.74, 6) is 5.71. The molecule has 0 amide bonds. The lowest BCUT2D eigenvalue weighted by atomic mass is 9.47. The Balaban J connectivity index is 0.00000272. The molecule has 31 heavy (non-hydrogen) atoms. The molecule has 0 spiro atoms. The highest BCUT2D eigenvalue weighted by atomic mass is 14.9. The van der Waals surface area contributed by atoms with E-state index in [9.17, 15) is 0 Å². The summed E-state index contributed by atoms with van der Waals surface area (Å²) in [6, 6.07) is 0.738. The van der Waals surface area contributed by atoms with E-state index in [0.29, 0.717) is 10.8 Å². The second-order valence-electron chi connectivity index (χ2n) is 12.8. The molecule has 0 radical (unpaired) electrons. The number of nitrogens with one attached hydrogen (secondary N) is 1. The Bertz CT molecular complexity index is 620. The summed E-state index contributed by atoms with van der Waals surface area (Å²) in [5.41, 5.74) is 2.97. The van der Waals surface area contributed by atoms with Crippen molar-refractivity contribution in [1.29, 1.82) is 0 Å². The van der Waals surface area contributed by atoms with Crippen LogP contribution in [0, 0.1) is 46.3 Å². The summed E-state index contributed by atoms with van der Waals surface area (Å²) < 4.78 is 0. The molecule has 0 aromatic rings. The maximum atomic E-state index is 3.75. The van der Waals surface area contributed by atoms with Crippen molar-refractivity contribution in [3.63, 3.8) is 0 Å². The minimum atomic E-state index is 0. The molecule has 1 nitrogen and oxygen atoms in total. The maximum Gasteiger partial charge on any atom is 0.0105 e. The molecule has 0 bridgehead atoms. The molecule has 0 saturated heterocycles. The minimum absolute atomic E-state index is 0. The fraction of sp³-hybridized carbons (Fsp3) is 0.933. The van der Waals surface area contributed by atoms with E-state index in [1.54, 1.807) is 0 Å². The Labute approximate surface area is 195 Å². The Morgan fingerprint density at radius 2 is 1.77 bits per heavy atom. The number of hydrogen-bond donors (Lipinski definition) is 1. The van der Waals surface area contributed by atoms with Gasteiger partial charge in [-0.25, -0.2) is 0 Å². The zero-order valence-corrected chi connectivity index (χ0v) is 21.1. The first-order valence-electron chi connectivity index (χ1n) is 13.7. The summed E-state index contributed by atoms with van der Waals surface area (Å²) in [6.07, 6.45) is 18.7. The van der Waals surface area contributed by atoms with Crippen LogP contribution < -0.4 is 5.32 Å². The van der Waals surface area contributed by atoms with Gasteiger partial charge in [0.15, 0.2) is 0 Å². The van der Waals surface area contributed by atoms with Gasteiger partial charge in [0, 0.05) is 6.04 Å². The van der Waals surface area contributed by atoms with Crippen molar-refractivity contribution in [2.75, 3.05) is 6.54 Å². The van der Waals surface area contributed by atoms with Gasteiger partial charge in [0.05, 0.1) is 0 Å². The molecule has 0 aromatic heterocycles. The molecule has 0 aromatic carbocycles. The van der Waals surface area contributed by atoms with E-state index in [2.05, 4.69) is 52.9 Å². The van der Waals surface area contributed by atoms with Crippen LogP contribution in [0.3, 0.4) is 0 Å². The van der Waals surface area contributed by atoms with Crippen molar-refractivity contribution in [2.45, 2.75) is 126 Å². The largest absolute Gasteiger partial charge is 0.314 e. The van der Waals surface area contributed by atoms with E-state index < -0.39 is 0 Å². The van der Waals surface area contributed by atoms with E-state index in [1.165, 1.54) is 70.6 Å². The monoisotopic (exact) mass is 429 g/mol. The standard InChI is InChI=1S/C29H51N.CH4/c1-7-30-23-15-17-28(5)22(19-23)11-12-24-26-14-13-25(21(4)10-8-9-20(2)3)29(26,6)18-16-27(24)28;/h11,20-21,23-27,30H,7-10,12-19H2,1-6H3;1H4/t21-,23+,24+,25?,26?,27?,28?,29?;/m1./s1. The van der Waals surface area contributed by atoms with Gasteiger partial charge in [-0.05, 0) is 104 Å². The lowest BCUT2D eigenvalue weighted by Crippen LogP contribution is -2.51. The highest BCUT2D eigenvalue weighted by Crippen LogP contribution is 2.67. The van der Waals surface area contributed by atoms with Gasteiger partial charge in [-0.2, -0.15) is 0 Å². The van der Waals surface area contributed by atoms with Crippen molar-refractivity contribution in [3.05, 3.63) is 11.6 Å². The van der Waals surface area contributed by atoms with E-state index in [1.807, 2.05) is 5.57 Å². The molecular weight excluding hydrogens is 374 g/mol. The quantitative estimate of drug-likeness (QED) is 0.399. The van der Waals surface area contributed by atoms with Crippen LogP contribution in [0.25, 0.3) is 0 Å². The summed E-state index contributed by atoms with van der Waals surface area (Å²) in [6.45, 7) is 16.2. The number of allylic oxidation sites excluding steroid dienone is 1. The third kappa shape index (κ3) is 4.56. The van der Waals surface area contributed by atoms with Crippen molar-refractivity contribution in [1.82, 2.24) is 5.32 Å². The molecule has 0 heterocycles. The van der Waals surface area contributed by atoms with Crippen LogP contribution in [-0.2, 0) is 0 Å². The predicted octanol–water partition coefficient (Wildman–Crippen LogP) is 8.64. The number of rotatable bonds is 7. The van der Waals surface area contributed by atoms with Crippen LogP contribution in [0.5, 0.6) is 0 Å². The molecule has 4 rings (SSSR count). The van der Waals surface area contributed by atoms with Gasteiger partial charge in [-0.1, -0.05) is 79.9 Å². The van der Waals surface area contributed by atoms with Gasteiger partial charge in [-0.3, -0.25) is 0 Å². The van der Waals surface area contributed by atoms with Crippen LogP contribution in [-0.4, -0.2) is 12.6 Å². The number of hydrogen-bond acceptors (Lipinski definition) is 1. The lowest BCUT2D eigenvalue weighted by Gasteiger charge is -2.58. The van der Waals surface area contributed by atoms with Gasteiger partial charge < -0.3 is 5.32 Å². The van der Waals surface area contributed by atoms with Crippen LogP contribution in [0.1, 0.15) is 120 Å². The third-order valence-electron chi connectivity index (χ3n) is 10.8. The number of fused-ring (bicyclic) bond motifs is 5. The van der Waals surface area contributed by atoms with E-state index >= 15 is 0 Å².